The van der Waals surface area contributed by atoms with E-state index in [2.05, 4.69) is 37.5 Å². The summed E-state index contributed by atoms with van der Waals surface area (Å²) in [5.74, 6) is 0.848. The third kappa shape index (κ3) is 2.63. The molecule has 2 rings (SSSR count). The van der Waals surface area contributed by atoms with E-state index in [1.54, 1.807) is 18.5 Å². The highest BCUT2D eigenvalue weighted by atomic mass is 79.9. The summed E-state index contributed by atoms with van der Waals surface area (Å²) in [5.41, 5.74) is 1.55. The number of anilines is 1. The van der Waals surface area contributed by atoms with Crippen LogP contribution in [0.25, 0.3) is 0 Å². The van der Waals surface area contributed by atoms with Crippen molar-refractivity contribution in [1.82, 2.24) is 14.8 Å². The lowest BCUT2D eigenvalue weighted by molar-refractivity contribution is 0.812. The number of nitrogens with zero attached hydrogens (tertiary/aromatic N) is 4. The Labute approximate surface area is 107 Å². The van der Waals surface area contributed by atoms with Crippen molar-refractivity contribution < 1.29 is 0 Å². The van der Waals surface area contributed by atoms with Gasteiger partial charge in [-0.1, -0.05) is 0 Å². The van der Waals surface area contributed by atoms with Crippen LogP contribution in [-0.2, 0) is 13.6 Å². The predicted molar refractivity (Wildman–Crippen MR) is 67.2 cm³/mol. The van der Waals surface area contributed by atoms with Crippen LogP contribution < -0.4 is 5.32 Å². The summed E-state index contributed by atoms with van der Waals surface area (Å²) in [6.07, 6.45) is 1.66. The molecule has 0 saturated carbocycles. The number of rotatable bonds is 3. The Kier molecular flexibility index (Phi) is 3.40. The van der Waals surface area contributed by atoms with Gasteiger partial charge in [0.25, 0.3) is 0 Å². The van der Waals surface area contributed by atoms with Crippen LogP contribution in [-0.4, -0.2) is 14.8 Å². The Hall–Kier alpha value is -1.87. The molecule has 0 aliphatic heterocycles. The smallest absolute Gasteiger partial charge is 0.151 e. The van der Waals surface area contributed by atoms with Gasteiger partial charge in [0.05, 0.1) is 18.2 Å². The number of nitrogens with one attached hydrogen (secondary N) is 1. The Bertz CT molecular complexity index is 569. The highest BCUT2D eigenvalue weighted by molar-refractivity contribution is 9.10. The van der Waals surface area contributed by atoms with Gasteiger partial charge in [-0.15, -0.1) is 10.2 Å². The van der Waals surface area contributed by atoms with E-state index in [-0.39, 0.29) is 0 Å². The molecule has 17 heavy (non-hydrogen) atoms. The standard InChI is InChI=1S/C11H10BrN5/c1-17-7-15-16-11(17)6-14-10-3-2-8(5-13)4-9(10)12/h2-4,7,14H,6H2,1H3. The fourth-order valence-corrected chi connectivity index (χ4v) is 1.89. The molecule has 5 nitrogen and oxygen atoms in total. The third-order valence-electron chi connectivity index (χ3n) is 2.34. The van der Waals surface area contributed by atoms with Crippen LogP contribution in [0.3, 0.4) is 0 Å². The molecular formula is C11H10BrN5. The monoisotopic (exact) mass is 291 g/mol. The van der Waals surface area contributed by atoms with Crippen LogP contribution in [0.1, 0.15) is 11.4 Å². The van der Waals surface area contributed by atoms with Gasteiger partial charge in [0, 0.05) is 17.2 Å². The second-order valence-corrected chi connectivity index (χ2v) is 4.37. The first kappa shape index (κ1) is 11.6. The molecule has 1 N–H and O–H groups in total. The molecule has 0 spiro atoms. The minimum Gasteiger partial charge on any atom is -0.377 e. The molecule has 0 saturated heterocycles. The van der Waals surface area contributed by atoms with Gasteiger partial charge >= 0.3 is 0 Å². The van der Waals surface area contributed by atoms with Gasteiger partial charge in [-0.2, -0.15) is 5.26 Å². The van der Waals surface area contributed by atoms with E-state index in [9.17, 15) is 0 Å². The van der Waals surface area contributed by atoms with Crippen LogP contribution in [0.5, 0.6) is 0 Å². The van der Waals surface area contributed by atoms with Gasteiger partial charge in [-0.3, -0.25) is 0 Å². The van der Waals surface area contributed by atoms with Crippen molar-refractivity contribution in [3.05, 3.63) is 40.4 Å². The van der Waals surface area contributed by atoms with Crippen molar-refractivity contribution in [2.75, 3.05) is 5.32 Å². The van der Waals surface area contributed by atoms with Crippen LogP contribution >= 0.6 is 15.9 Å². The molecule has 0 bridgehead atoms. The van der Waals surface area contributed by atoms with Crippen LogP contribution in [0.15, 0.2) is 29.0 Å². The number of aryl methyl sites for hydroxylation is 1. The van der Waals surface area contributed by atoms with Crippen LogP contribution in [0.4, 0.5) is 5.69 Å². The lowest BCUT2D eigenvalue weighted by Crippen LogP contribution is -2.06. The number of nitriles is 1. The average Bonchev–Trinajstić information content (AvgIpc) is 2.73. The second-order valence-electron chi connectivity index (χ2n) is 3.52. The minimum absolute atomic E-state index is 0.584. The lowest BCUT2D eigenvalue weighted by Gasteiger charge is -2.07. The van der Waals surface area contributed by atoms with E-state index in [0.29, 0.717) is 12.1 Å². The number of halogens is 1. The Morgan fingerprint density at radius 3 is 2.94 bits per heavy atom. The van der Waals surface area contributed by atoms with Gasteiger partial charge in [0.15, 0.2) is 5.82 Å². The lowest BCUT2D eigenvalue weighted by atomic mass is 10.2. The van der Waals surface area contributed by atoms with E-state index >= 15 is 0 Å². The maximum atomic E-state index is 8.76. The zero-order valence-electron chi connectivity index (χ0n) is 9.18. The zero-order valence-corrected chi connectivity index (χ0v) is 10.8. The highest BCUT2D eigenvalue weighted by Crippen LogP contribution is 2.23. The largest absolute Gasteiger partial charge is 0.377 e. The number of benzene rings is 1. The van der Waals surface area contributed by atoms with Gasteiger partial charge in [-0.05, 0) is 34.1 Å². The second kappa shape index (κ2) is 4.97. The molecule has 1 heterocycles. The first-order chi connectivity index (χ1) is 8.20. The molecule has 2 aromatic rings. The molecule has 1 aromatic carbocycles. The van der Waals surface area contributed by atoms with E-state index < -0.39 is 0 Å². The van der Waals surface area contributed by atoms with E-state index in [1.165, 1.54) is 0 Å². The maximum absolute atomic E-state index is 8.76. The first-order valence-corrected chi connectivity index (χ1v) is 5.76. The molecular weight excluding hydrogens is 282 g/mol. The predicted octanol–water partition coefficient (Wildman–Crippen LogP) is 2.06. The molecule has 0 aliphatic carbocycles. The van der Waals surface area contributed by atoms with E-state index in [1.807, 2.05) is 17.7 Å². The molecule has 0 aliphatic rings. The van der Waals surface area contributed by atoms with Crippen molar-refractivity contribution in [3.63, 3.8) is 0 Å². The van der Waals surface area contributed by atoms with E-state index in [4.69, 9.17) is 5.26 Å². The average molecular weight is 292 g/mol. The maximum Gasteiger partial charge on any atom is 0.151 e. The zero-order chi connectivity index (χ0) is 12.3. The number of hydrogen-bond acceptors (Lipinski definition) is 4. The summed E-state index contributed by atoms with van der Waals surface area (Å²) in [4.78, 5) is 0. The summed E-state index contributed by atoms with van der Waals surface area (Å²) in [7, 11) is 1.89. The topological polar surface area (TPSA) is 66.5 Å². The molecule has 0 amide bonds. The van der Waals surface area contributed by atoms with Crippen molar-refractivity contribution in [1.29, 1.82) is 5.26 Å². The molecule has 0 radical (unpaired) electrons. The van der Waals surface area contributed by atoms with Crippen molar-refractivity contribution in [3.8, 4) is 6.07 Å². The molecule has 0 atom stereocenters. The fourth-order valence-electron chi connectivity index (χ4n) is 1.37. The fraction of sp³-hybridized carbons (Fsp3) is 0.182. The normalized spacial score (nSPS) is 9.94. The molecule has 0 unspecified atom stereocenters. The molecule has 1 aromatic heterocycles. The molecule has 86 valence electrons. The summed E-state index contributed by atoms with van der Waals surface area (Å²) in [5, 5.41) is 19.8. The van der Waals surface area contributed by atoms with Crippen LogP contribution in [0, 0.1) is 11.3 Å². The third-order valence-corrected chi connectivity index (χ3v) is 3.00. The van der Waals surface area contributed by atoms with Gasteiger partial charge in [0.1, 0.15) is 6.33 Å². The SMILES string of the molecule is Cn1cnnc1CNc1ccc(C#N)cc1Br. The molecule has 0 fully saturated rings. The van der Waals surface area contributed by atoms with Gasteiger partial charge in [-0.25, -0.2) is 0 Å². The van der Waals surface area contributed by atoms with Crippen molar-refractivity contribution >= 4 is 21.6 Å². The number of hydrogen-bond donors (Lipinski definition) is 1. The minimum atomic E-state index is 0.584. The van der Waals surface area contributed by atoms with Crippen molar-refractivity contribution in [2.45, 2.75) is 6.54 Å². The Morgan fingerprint density at radius 2 is 2.35 bits per heavy atom. The van der Waals surface area contributed by atoms with Gasteiger partial charge in [0.2, 0.25) is 0 Å². The Morgan fingerprint density at radius 1 is 1.53 bits per heavy atom. The highest BCUT2D eigenvalue weighted by Gasteiger charge is 2.03. The summed E-state index contributed by atoms with van der Waals surface area (Å²) in [6.45, 7) is 0.584. The van der Waals surface area contributed by atoms with Crippen LogP contribution in [0.2, 0.25) is 0 Å². The summed E-state index contributed by atoms with van der Waals surface area (Å²) >= 11 is 3.41. The van der Waals surface area contributed by atoms with E-state index in [0.717, 1.165) is 16.0 Å². The summed E-state index contributed by atoms with van der Waals surface area (Å²) < 4.78 is 2.71. The summed E-state index contributed by atoms with van der Waals surface area (Å²) in [6, 6.07) is 7.49. The van der Waals surface area contributed by atoms with Gasteiger partial charge < -0.3 is 9.88 Å². The first-order valence-electron chi connectivity index (χ1n) is 4.97. The molecule has 6 heteroatoms. The number of aromatic nitrogens is 3. The Balaban J connectivity index is 2.10. The van der Waals surface area contributed by atoms with Crippen molar-refractivity contribution in [2.24, 2.45) is 7.05 Å². The quantitative estimate of drug-likeness (QED) is 0.940.